The van der Waals surface area contributed by atoms with Crippen molar-refractivity contribution >= 4 is 33.9 Å². The highest BCUT2D eigenvalue weighted by Gasteiger charge is 2.23. The number of anilines is 1. The van der Waals surface area contributed by atoms with Crippen molar-refractivity contribution in [3.8, 4) is 0 Å². The number of nitrogens with one attached hydrogen (secondary N) is 1. The molecule has 0 fully saturated rings. The number of benzene rings is 2. The summed E-state index contributed by atoms with van der Waals surface area (Å²) in [6.07, 6.45) is 1.91. The van der Waals surface area contributed by atoms with Crippen molar-refractivity contribution in [3.63, 3.8) is 0 Å². The summed E-state index contributed by atoms with van der Waals surface area (Å²) in [5.74, 6) is -0.275. The van der Waals surface area contributed by atoms with Crippen LogP contribution in [-0.2, 0) is 13.1 Å². The summed E-state index contributed by atoms with van der Waals surface area (Å²) in [6, 6.07) is 13.5. The Hall–Kier alpha value is -3.48. The number of hydrogen-bond acceptors (Lipinski definition) is 4. The second kappa shape index (κ2) is 7.87. The van der Waals surface area contributed by atoms with Crippen molar-refractivity contribution in [3.05, 3.63) is 65.5 Å². The van der Waals surface area contributed by atoms with Gasteiger partial charge in [0.1, 0.15) is 22.7 Å². The Morgan fingerprint density at radius 1 is 1.10 bits per heavy atom. The number of carbonyl (C=O) groups is 1. The molecule has 3 N–H and O–H groups in total. The molecule has 29 heavy (non-hydrogen) atoms. The predicted octanol–water partition coefficient (Wildman–Crippen LogP) is 4.04. The predicted molar refractivity (Wildman–Crippen MR) is 112 cm³/mol. The third kappa shape index (κ3) is 3.63. The van der Waals surface area contributed by atoms with E-state index in [1.807, 2.05) is 28.8 Å². The molecule has 1 amide bonds. The zero-order valence-electron chi connectivity index (χ0n) is 16.2. The highest BCUT2D eigenvalue weighted by atomic mass is 19.1. The van der Waals surface area contributed by atoms with E-state index in [0.29, 0.717) is 34.6 Å². The largest absolute Gasteiger partial charge is 0.384 e. The summed E-state index contributed by atoms with van der Waals surface area (Å²) < 4.78 is 15.0. The average Bonchev–Trinajstić information content (AvgIpc) is 3.00. The van der Waals surface area contributed by atoms with E-state index in [9.17, 15) is 9.18 Å². The van der Waals surface area contributed by atoms with Crippen LogP contribution in [0.4, 0.5) is 10.2 Å². The number of nitrogen functional groups attached to an aromatic ring is 1. The lowest BCUT2D eigenvalue weighted by Gasteiger charge is -2.07. The molecule has 0 saturated carbocycles. The summed E-state index contributed by atoms with van der Waals surface area (Å²) in [4.78, 5) is 22.4. The third-order valence-corrected chi connectivity index (χ3v) is 4.92. The van der Waals surface area contributed by atoms with Crippen LogP contribution in [0.15, 0.2) is 48.5 Å². The van der Waals surface area contributed by atoms with Gasteiger partial charge in [-0.3, -0.25) is 4.79 Å². The van der Waals surface area contributed by atoms with Gasteiger partial charge in [-0.15, -0.1) is 0 Å². The van der Waals surface area contributed by atoms with Gasteiger partial charge in [-0.05, 0) is 36.2 Å². The summed E-state index contributed by atoms with van der Waals surface area (Å²) in [5, 5.41) is 2.86. The molecule has 0 aliphatic rings. The maximum absolute atomic E-state index is 13.1. The maximum atomic E-state index is 13.1. The van der Waals surface area contributed by atoms with Crippen LogP contribution >= 0.6 is 0 Å². The van der Waals surface area contributed by atoms with Gasteiger partial charge in [0.25, 0.3) is 5.91 Å². The number of rotatable bonds is 6. The van der Waals surface area contributed by atoms with E-state index < -0.39 is 0 Å². The van der Waals surface area contributed by atoms with Gasteiger partial charge in [0.2, 0.25) is 0 Å². The lowest BCUT2D eigenvalue weighted by Crippen LogP contribution is -2.24. The Bertz CT molecular complexity index is 1180. The van der Waals surface area contributed by atoms with Gasteiger partial charge in [-0.2, -0.15) is 0 Å². The zero-order valence-corrected chi connectivity index (χ0v) is 16.2. The van der Waals surface area contributed by atoms with Gasteiger partial charge in [0.15, 0.2) is 5.65 Å². The fourth-order valence-corrected chi connectivity index (χ4v) is 3.36. The first-order chi connectivity index (χ1) is 14.1. The molecule has 0 spiro atoms. The monoisotopic (exact) mass is 391 g/mol. The van der Waals surface area contributed by atoms with Crippen LogP contribution < -0.4 is 11.1 Å². The highest BCUT2D eigenvalue weighted by molar-refractivity contribution is 6.10. The highest BCUT2D eigenvalue weighted by Crippen LogP contribution is 2.28. The number of aromatic nitrogens is 3. The molecule has 4 rings (SSSR count). The number of carbonyl (C=O) groups excluding carboxylic acids is 1. The minimum absolute atomic E-state index is 0.265. The van der Waals surface area contributed by atoms with Gasteiger partial charge in [0.05, 0.1) is 11.0 Å². The van der Waals surface area contributed by atoms with E-state index in [0.717, 1.165) is 23.9 Å². The SMILES string of the molecule is CCCCn1c(N)c(C(=O)NCc2ccc(F)cc2)c2nc3ccccc3nc21. The van der Waals surface area contributed by atoms with Crippen molar-refractivity contribution in [2.75, 3.05) is 5.73 Å². The Morgan fingerprint density at radius 2 is 1.79 bits per heavy atom. The lowest BCUT2D eigenvalue weighted by atomic mass is 10.2. The number of nitrogens with two attached hydrogens (primary N) is 1. The Morgan fingerprint density at radius 3 is 2.48 bits per heavy atom. The van der Waals surface area contributed by atoms with Gasteiger partial charge < -0.3 is 15.6 Å². The molecule has 4 aromatic rings. The zero-order chi connectivity index (χ0) is 20.4. The molecule has 148 valence electrons. The molecule has 0 saturated heterocycles. The van der Waals surface area contributed by atoms with Crippen molar-refractivity contribution < 1.29 is 9.18 Å². The molecule has 2 aromatic carbocycles. The van der Waals surface area contributed by atoms with Crippen LogP contribution in [0.1, 0.15) is 35.7 Å². The van der Waals surface area contributed by atoms with Gasteiger partial charge in [-0.1, -0.05) is 37.6 Å². The van der Waals surface area contributed by atoms with E-state index in [4.69, 9.17) is 10.7 Å². The van der Waals surface area contributed by atoms with E-state index in [-0.39, 0.29) is 18.3 Å². The number of para-hydroxylation sites is 2. The van der Waals surface area contributed by atoms with Crippen molar-refractivity contribution in [1.29, 1.82) is 0 Å². The fraction of sp³-hybridized carbons (Fsp3) is 0.227. The van der Waals surface area contributed by atoms with E-state index in [2.05, 4.69) is 17.2 Å². The summed E-state index contributed by atoms with van der Waals surface area (Å²) in [6.45, 7) is 3.03. The van der Waals surface area contributed by atoms with Crippen molar-refractivity contribution in [1.82, 2.24) is 19.9 Å². The van der Waals surface area contributed by atoms with Crippen LogP contribution in [0.3, 0.4) is 0 Å². The molecular formula is C22H22FN5O. The van der Waals surface area contributed by atoms with Crippen molar-refractivity contribution in [2.24, 2.45) is 0 Å². The van der Waals surface area contributed by atoms with Gasteiger partial charge >= 0.3 is 0 Å². The molecular weight excluding hydrogens is 369 g/mol. The molecule has 0 atom stereocenters. The smallest absolute Gasteiger partial charge is 0.257 e. The van der Waals surface area contributed by atoms with E-state index in [1.54, 1.807) is 12.1 Å². The van der Waals surface area contributed by atoms with Crippen LogP contribution in [0.2, 0.25) is 0 Å². The maximum Gasteiger partial charge on any atom is 0.257 e. The first-order valence-corrected chi connectivity index (χ1v) is 9.65. The third-order valence-electron chi connectivity index (χ3n) is 4.92. The van der Waals surface area contributed by atoms with Crippen LogP contribution in [-0.4, -0.2) is 20.4 Å². The topological polar surface area (TPSA) is 85.8 Å². The van der Waals surface area contributed by atoms with Gasteiger partial charge in [0, 0.05) is 13.1 Å². The number of halogens is 1. The number of nitrogens with zero attached hydrogens (tertiary/aromatic N) is 3. The first kappa shape index (κ1) is 18.9. The molecule has 6 nitrogen and oxygen atoms in total. The quantitative estimate of drug-likeness (QED) is 0.519. The van der Waals surface area contributed by atoms with E-state index in [1.165, 1.54) is 12.1 Å². The fourth-order valence-electron chi connectivity index (χ4n) is 3.36. The number of amides is 1. The number of fused-ring (bicyclic) bond motifs is 2. The summed E-state index contributed by atoms with van der Waals surface area (Å²) in [7, 11) is 0. The molecule has 0 aliphatic heterocycles. The average molecular weight is 391 g/mol. The minimum atomic E-state index is -0.323. The Balaban J connectivity index is 1.75. The molecule has 0 aliphatic carbocycles. The first-order valence-electron chi connectivity index (χ1n) is 9.65. The Kier molecular flexibility index (Phi) is 5.12. The second-order valence-corrected chi connectivity index (χ2v) is 6.96. The van der Waals surface area contributed by atoms with E-state index >= 15 is 0 Å². The number of aryl methyl sites for hydroxylation is 1. The van der Waals surface area contributed by atoms with Crippen LogP contribution in [0, 0.1) is 5.82 Å². The minimum Gasteiger partial charge on any atom is -0.384 e. The second-order valence-electron chi connectivity index (χ2n) is 6.96. The van der Waals surface area contributed by atoms with Crippen molar-refractivity contribution in [2.45, 2.75) is 32.9 Å². The van der Waals surface area contributed by atoms with Crippen LogP contribution in [0.25, 0.3) is 22.2 Å². The molecule has 0 bridgehead atoms. The normalized spacial score (nSPS) is 11.2. The molecule has 0 unspecified atom stereocenters. The van der Waals surface area contributed by atoms with Crippen LogP contribution in [0.5, 0.6) is 0 Å². The number of unbranched alkanes of at least 4 members (excludes halogenated alkanes) is 1. The molecule has 2 heterocycles. The Labute approximate surface area is 167 Å². The molecule has 7 heteroatoms. The standard InChI is InChI=1S/C22H22FN5O/c1-2-3-12-28-20(24)18(22(29)25-13-14-8-10-15(23)11-9-14)19-21(28)27-17-7-5-4-6-16(17)26-19/h4-11H,2-3,12-13,24H2,1H3,(H,25,29). The molecule has 2 aromatic heterocycles. The lowest BCUT2D eigenvalue weighted by molar-refractivity contribution is 0.0953. The summed E-state index contributed by atoms with van der Waals surface area (Å²) >= 11 is 0. The number of hydrogen-bond donors (Lipinski definition) is 2. The molecule has 0 radical (unpaired) electrons. The summed E-state index contributed by atoms with van der Waals surface area (Å²) in [5.41, 5.74) is 10.1. The van der Waals surface area contributed by atoms with Gasteiger partial charge in [-0.25, -0.2) is 14.4 Å².